The van der Waals surface area contributed by atoms with Crippen LogP contribution in [0.3, 0.4) is 0 Å². The van der Waals surface area contributed by atoms with E-state index in [-0.39, 0.29) is 18.8 Å². The molecule has 0 spiro atoms. The first-order valence-corrected chi connectivity index (χ1v) is 4.58. The van der Waals surface area contributed by atoms with Gasteiger partial charge in [0.25, 0.3) is 0 Å². The van der Waals surface area contributed by atoms with Crippen LogP contribution in [0.4, 0.5) is 0 Å². The zero-order chi connectivity index (χ0) is 10.3. The summed E-state index contributed by atoms with van der Waals surface area (Å²) in [6, 6.07) is 0. The first-order chi connectivity index (χ1) is 6.06. The lowest BCUT2D eigenvalue weighted by molar-refractivity contribution is -0.0620. The van der Waals surface area contributed by atoms with Crippen molar-refractivity contribution in [1.29, 1.82) is 0 Å². The average Bonchev–Trinajstić information content (AvgIpc) is 2.10. The van der Waals surface area contributed by atoms with Gasteiger partial charge in [-0.05, 0) is 20.8 Å². The van der Waals surface area contributed by atoms with Crippen LogP contribution in [0, 0.1) is 0 Å². The lowest BCUT2D eigenvalue weighted by Crippen LogP contribution is -2.24. The number of rotatable bonds is 7. The Hall–Kier alpha value is -0.160. The molecule has 4 heteroatoms. The molecule has 0 saturated carbocycles. The molecule has 13 heavy (non-hydrogen) atoms. The van der Waals surface area contributed by atoms with Gasteiger partial charge >= 0.3 is 0 Å². The van der Waals surface area contributed by atoms with E-state index in [0.717, 1.165) is 0 Å². The molecule has 4 nitrogen and oxygen atoms in total. The van der Waals surface area contributed by atoms with Crippen LogP contribution in [-0.4, -0.2) is 48.3 Å². The number of hydrogen-bond acceptors (Lipinski definition) is 4. The van der Waals surface area contributed by atoms with Gasteiger partial charge in [0.2, 0.25) is 0 Å². The third kappa shape index (κ3) is 8.18. The third-order valence-corrected chi connectivity index (χ3v) is 1.49. The average molecular weight is 192 g/mol. The molecule has 0 bridgehead atoms. The van der Waals surface area contributed by atoms with Crippen molar-refractivity contribution in [3.05, 3.63) is 0 Å². The Bertz CT molecular complexity index is 116. The van der Waals surface area contributed by atoms with Crippen LogP contribution in [0.1, 0.15) is 20.8 Å². The smallest absolute Gasteiger partial charge is 0.0781 e. The highest BCUT2D eigenvalue weighted by atomic mass is 16.5. The van der Waals surface area contributed by atoms with Crippen LogP contribution in [0.15, 0.2) is 0 Å². The highest BCUT2D eigenvalue weighted by Crippen LogP contribution is 1.97. The van der Waals surface area contributed by atoms with E-state index in [9.17, 15) is 0 Å². The van der Waals surface area contributed by atoms with E-state index in [4.69, 9.17) is 19.7 Å². The van der Waals surface area contributed by atoms with E-state index in [1.165, 1.54) is 0 Å². The summed E-state index contributed by atoms with van der Waals surface area (Å²) in [5.41, 5.74) is 0. The monoisotopic (exact) mass is 192 g/mol. The van der Waals surface area contributed by atoms with Gasteiger partial charge in [0.1, 0.15) is 0 Å². The van der Waals surface area contributed by atoms with Crippen LogP contribution < -0.4 is 0 Å². The molecule has 0 aliphatic carbocycles. The molecule has 0 amide bonds. The molecule has 0 heterocycles. The summed E-state index contributed by atoms with van der Waals surface area (Å²) in [7, 11) is 0. The molecule has 0 aromatic rings. The second-order valence-electron chi connectivity index (χ2n) is 3.32. The molecular formula is C9H20O4. The molecule has 0 rings (SSSR count). The van der Waals surface area contributed by atoms with Gasteiger partial charge in [-0.25, -0.2) is 0 Å². The fourth-order valence-corrected chi connectivity index (χ4v) is 0.704. The quantitative estimate of drug-likeness (QED) is 0.603. The normalized spacial score (nSPS) is 18.2. The molecule has 3 atom stereocenters. The number of aliphatic hydroxyl groups is 2. The van der Waals surface area contributed by atoms with E-state index in [1.54, 1.807) is 13.8 Å². The molecule has 0 aromatic heterocycles. The first kappa shape index (κ1) is 12.8. The number of aliphatic hydroxyl groups excluding tert-OH is 2. The Labute approximate surface area is 79.5 Å². The van der Waals surface area contributed by atoms with Gasteiger partial charge in [0, 0.05) is 0 Å². The third-order valence-electron chi connectivity index (χ3n) is 1.49. The van der Waals surface area contributed by atoms with E-state index < -0.39 is 6.10 Å². The molecule has 0 saturated heterocycles. The predicted octanol–water partition coefficient (Wildman–Crippen LogP) is 0.170. The van der Waals surface area contributed by atoms with Crippen molar-refractivity contribution in [1.82, 2.24) is 0 Å². The zero-order valence-electron chi connectivity index (χ0n) is 8.56. The summed E-state index contributed by atoms with van der Waals surface area (Å²) in [6.45, 7) is 6.10. The Balaban J connectivity index is 3.34. The predicted molar refractivity (Wildman–Crippen MR) is 49.6 cm³/mol. The molecule has 0 radical (unpaired) electrons. The lowest BCUT2D eigenvalue weighted by atomic mass is 10.4. The minimum absolute atomic E-state index is 0.0170. The van der Waals surface area contributed by atoms with E-state index >= 15 is 0 Å². The summed E-state index contributed by atoms with van der Waals surface area (Å²) in [4.78, 5) is 0. The SMILES string of the molecule is C[C@H](CO)OC[C@H](C)OC[C@@H](C)O. The van der Waals surface area contributed by atoms with E-state index in [1.807, 2.05) is 6.92 Å². The van der Waals surface area contributed by atoms with Crippen molar-refractivity contribution in [3.63, 3.8) is 0 Å². The van der Waals surface area contributed by atoms with E-state index in [0.29, 0.717) is 13.2 Å². The maximum absolute atomic E-state index is 8.92. The minimum Gasteiger partial charge on any atom is -0.394 e. The van der Waals surface area contributed by atoms with Crippen LogP contribution in [0.25, 0.3) is 0 Å². The summed E-state index contributed by atoms with van der Waals surface area (Å²) >= 11 is 0. The summed E-state index contributed by atoms with van der Waals surface area (Å²) in [5, 5.41) is 17.6. The molecule has 80 valence electrons. The van der Waals surface area contributed by atoms with Crippen molar-refractivity contribution in [2.45, 2.75) is 39.1 Å². The molecule has 0 aliphatic rings. The van der Waals surface area contributed by atoms with Crippen LogP contribution in [-0.2, 0) is 9.47 Å². The van der Waals surface area contributed by atoms with Crippen molar-refractivity contribution in [2.75, 3.05) is 19.8 Å². The molecule has 0 aromatic carbocycles. The number of ether oxygens (including phenoxy) is 2. The fraction of sp³-hybridized carbons (Fsp3) is 1.00. The largest absolute Gasteiger partial charge is 0.394 e. The maximum atomic E-state index is 8.92. The molecule has 0 aliphatic heterocycles. The van der Waals surface area contributed by atoms with Crippen LogP contribution >= 0.6 is 0 Å². The Morgan fingerprint density at radius 1 is 1.00 bits per heavy atom. The molecular weight excluding hydrogens is 172 g/mol. The van der Waals surface area contributed by atoms with Crippen molar-refractivity contribution < 1.29 is 19.7 Å². The highest BCUT2D eigenvalue weighted by Gasteiger charge is 2.06. The number of hydrogen-bond donors (Lipinski definition) is 2. The Morgan fingerprint density at radius 2 is 1.54 bits per heavy atom. The summed E-state index contributed by atoms with van der Waals surface area (Å²) < 4.78 is 10.5. The van der Waals surface area contributed by atoms with Gasteiger partial charge in [-0.2, -0.15) is 0 Å². The Morgan fingerprint density at radius 3 is 2.00 bits per heavy atom. The van der Waals surface area contributed by atoms with Gasteiger partial charge < -0.3 is 19.7 Å². The second kappa shape index (κ2) is 7.26. The maximum Gasteiger partial charge on any atom is 0.0781 e. The molecule has 0 fully saturated rings. The summed E-state index contributed by atoms with van der Waals surface area (Å²) in [6.07, 6.45) is -0.654. The van der Waals surface area contributed by atoms with Crippen LogP contribution in [0.2, 0.25) is 0 Å². The Kier molecular flexibility index (Phi) is 7.17. The van der Waals surface area contributed by atoms with Gasteiger partial charge in [-0.15, -0.1) is 0 Å². The van der Waals surface area contributed by atoms with Gasteiger partial charge in [-0.1, -0.05) is 0 Å². The fourth-order valence-electron chi connectivity index (χ4n) is 0.704. The summed E-state index contributed by atoms with van der Waals surface area (Å²) in [5.74, 6) is 0. The van der Waals surface area contributed by atoms with Crippen LogP contribution in [0.5, 0.6) is 0 Å². The molecule has 0 unspecified atom stereocenters. The lowest BCUT2D eigenvalue weighted by Gasteiger charge is -2.16. The van der Waals surface area contributed by atoms with Crippen molar-refractivity contribution in [2.24, 2.45) is 0 Å². The highest BCUT2D eigenvalue weighted by molar-refractivity contribution is 4.52. The van der Waals surface area contributed by atoms with Gasteiger partial charge in [0.15, 0.2) is 0 Å². The standard InChI is InChI=1S/C9H20O4/c1-7(11)5-12-9(3)6-13-8(2)4-10/h7-11H,4-6H2,1-3H3/t7-,8-,9+/m1/s1. The van der Waals surface area contributed by atoms with Gasteiger partial charge in [-0.3, -0.25) is 0 Å². The topological polar surface area (TPSA) is 58.9 Å². The van der Waals surface area contributed by atoms with E-state index in [2.05, 4.69) is 0 Å². The van der Waals surface area contributed by atoms with Crippen molar-refractivity contribution in [3.8, 4) is 0 Å². The first-order valence-electron chi connectivity index (χ1n) is 4.58. The van der Waals surface area contributed by atoms with Gasteiger partial charge in [0.05, 0.1) is 38.1 Å². The molecule has 2 N–H and O–H groups in total. The second-order valence-corrected chi connectivity index (χ2v) is 3.32. The zero-order valence-corrected chi connectivity index (χ0v) is 8.56. The minimum atomic E-state index is -0.447. The van der Waals surface area contributed by atoms with Crippen molar-refractivity contribution >= 4 is 0 Å².